The highest BCUT2D eigenvalue weighted by atomic mass is 32.2. The second kappa shape index (κ2) is 9.59. The lowest BCUT2D eigenvalue weighted by Crippen LogP contribution is -2.47. The lowest BCUT2D eigenvalue weighted by Gasteiger charge is -2.33. The lowest BCUT2D eigenvalue weighted by atomic mass is 10.1. The first kappa shape index (κ1) is 22.9. The number of carbonyl (C=O) groups is 2. The van der Waals surface area contributed by atoms with Crippen LogP contribution in [-0.4, -0.2) is 69.0 Å². The van der Waals surface area contributed by atoms with E-state index in [1.54, 1.807) is 37.3 Å². The Hall–Kier alpha value is -2.75. The first-order valence-corrected chi connectivity index (χ1v) is 11.8. The lowest BCUT2D eigenvalue weighted by molar-refractivity contribution is 0.0599. The fourth-order valence-corrected chi connectivity index (χ4v) is 4.36. The average Bonchev–Trinajstić information content (AvgIpc) is 2.75. The first-order valence-electron chi connectivity index (χ1n) is 9.94. The standard InChI is InChI=1S/C22H27N3O5S/c1-16-19(22(27)30-2)5-4-6-20(16)23-21(26)18-9-7-17(8-10-18)15-24-11-13-25(14-12-24)31(3,28)29/h4-10H,11-15H2,1-3H3,(H,23,26). The van der Waals surface area contributed by atoms with Gasteiger partial charge in [-0.15, -0.1) is 0 Å². The van der Waals surface area contributed by atoms with E-state index in [1.165, 1.54) is 17.7 Å². The second-order valence-corrected chi connectivity index (χ2v) is 9.54. The number of benzene rings is 2. The minimum absolute atomic E-state index is 0.265. The molecule has 31 heavy (non-hydrogen) atoms. The van der Waals surface area contributed by atoms with Crippen molar-refractivity contribution < 1.29 is 22.7 Å². The Morgan fingerprint density at radius 3 is 2.26 bits per heavy atom. The summed E-state index contributed by atoms with van der Waals surface area (Å²) in [4.78, 5) is 26.7. The number of ether oxygens (including phenoxy) is 1. The van der Waals surface area contributed by atoms with Crippen LogP contribution < -0.4 is 5.32 Å². The molecule has 1 aliphatic heterocycles. The van der Waals surface area contributed by atoms with Crippen LogP contribution in [0.15, 0.2) is 42.5 Å². The van der Waals surface area contributed by atoms with Gasteiger partial charge in [0.2, 0.25) is 10.0 Å². The average molecular weight is 446 g/mol. The third-order valence-electron chi connectivity index (χ3n) is 5.41. The molecule has 0 radical (unpaired) electrons. The molecule has 1 fully saturated rings. The zero-order chi connectivity index (χ0) is 22.6. The van der Waals surface area contributed by atoms with Crippen molar-refractivity contribution >= 4 is 27.6 Å². The highest BCUT2D eigenvalue weighted by molar-refractivity contribution is 7.88. The smallest absolute Gasteiger partial charge is 0.338 e. The van der Waals surface area contributed by atoms with Crippen molar-refractivity contribution in [1.82, 2.24) is 9.21 Å². The molecular formula is C22H27N3O5S. The summed E-state index contributed by atoms with van der Waals surface area (Å²) in [6.45, 7) is 4.77. The Balaban J connectivity index is 1.61. The molecule has 0 atom stereocenters. The van der Waals surface area contributed by atoms with Gasteiger partial charge in [0, 0.05) is 44.0 Å². The van der Waals surface area contributed by atoms with Crippen LogP contribution in [0, 0.1) is 6.92 Å². The number of carbonyl (C=O) groups excluding carboxylic acids is 2. The van der Waals surface area contributed by atoms with Crippen molar-refractivity contribution in [1.29, 1.82) is 0 Å². The largest absolute Gasteiger partial charge is 0.465 e. The topological polar surface area (TPSA) is 96.0 Å². The number of nitrogens with zero attached hydrogens (tertiary/aromatic N) is 2. The van der Waals surface area contributed by atoms with Gasteiger partial charge >= 0.3 is 5.97 Å². The molecule has 1 amide bonds. The van der Waals surface area contributed by atoms with Crippen LogP contribution in [0.5, 0.6) is 0 Å². The van der Waals surface area contributed by atoms with Gasteiger partial charge < -0.3 is 10.1 Å². The Kier molecular flexibility index (Phi) is 7.09. The number of sulfonamides is 1. The molecule has 0 bridgehead atoms. The van der Waals surface area contributed by atoms with Crippen LogP contribution in [0.1, 0.15) is 31.8 Å². The highest BCUT2D eigenvalue weighted by Gasteiger charge is 2.23. The summed E-state index contributed by atoms with van der Waals surface area (Å²) in [7, 11) is -1.82. The molecule has 166 valence electrons. The van der Waals surface area contributed by atoms with Crippen LogP contribution in [0.25, 0.3) is 0 Å². The molecule has 3 rings (SSSR count). The third kappa shape index (κ3) is 5.69. The number of amides is 1. The van der Waals surface area contributed by atoms with Crippen molar-refractivity contribution in [2.24, 2.45) is 0 Å². The fourth-order valence-electron chi connectivity index (χ4n) is 3.54. The molecule has 0 saturated carbocycles. The Labute approximate surface area is 182 Å². The minimum atomic E-state index is -3.14. The van der Waals surface area contributed by atoms with Gasteiger partial charge in [0.05, 0.1) is 18.9 Å². The van der Waals surface area contributed by atoms with E-state index in [4.69, 9.17) is 4.74 Å². The van der Waals surface area contributed by atoms with Gasteiger partial charge in [-0.25, -0.2) is 13.2 Å². The number of methoxy groups -OCH3 is 1. The van der Waals surface area contributed by atoms with Crippen molar-refractivity contribution in [3.05, 3.63) is 64.7 Å². The summed E-state index contributed by atoms with van der Waals surface area (Å²) >= 11 is 0. The molecule has 8 nitrogen and oxygen atoms in total. The van der Waals surface area contributed by atoms with Crippen LogP contribution in [-0.2, 0) is 21.3 Å². The van der Waals surface area contributed by atoms with Crippen LogP contribution >= 0.6 is 0 Å². The van der Waals surface area contributed by atoms with E-state index in [2.05, 4.69) is 10.2 Å². The molecule has 0 spiro atoms. The van der Waals surface area contributed by atoms with Gasteiger partial charge in [0.1, 0.15) is 0 Å². The zero-order valence-corrected chi connectivity index (χ0v) is 18.7. The summed E-state index contributed by atoms with van der Waals surface area (Å²) in [5, 5.41) is 2.85. The second-order valence-electron chi connectivity index (χ2n) is 7.56. The summed E-state index contributed by atoms with van der Waals surface area (Å²) < 4.78 is 29.5. The van der Waals surface area contributed by atoms with Crippen molar-refractivity contribution in [3.63, 3.8) is 0 Å². The van der Waals surface area contributed by atoms with E-state index >= 15 is 0 Å². The Morgan fingerprint density at radius 2 is 1.68 bits per heavy atom. The molecule has 2 aromatic carbocycles. The van der Waals surface area contributed by atoms with E-state index < -0.39 is 16.0 Å². The van der Waals surface area contributed by atoms with E-state index in [1.807, 2.05) is 12.1 Å². The Bertz CT molecular complexity index is 1060. The molecule has 2 aromatic rings. The van der Waals surface area contributed by atoms with Gasteiger partial charge in [0.15, 0.2) is 0 Å². The van der Waals surface area contributed by atoms with Gasteiger partial charge in [-0.3, -0.25) is 9.69 Å². The number of rotatable bonds is 6. The van der Waals surface area contributed by atoms with Gasteiger partial charge in [-0.1, -0.05) is 18.2 Å². The quantitative estimate of drug-likeness (QED) is 0.685. The van der Waals surface area contributed by atoms with Crippen molar-refractivity contribution in [2.75, 3.05) is 44.9 Å². The number of esters is 1. The SMILES string of the molecule is COC(=O)c1cccc(NC(=O)c2ccc(CN3CCN(S(C)(=O)=O)CC3)cc2)c1C. The maximum absolute atomic E-state index is 12.6. The maximum atomic E-state index is 12.6. The predicted octanol–water partition coefficient (Wildman–Crippen LogP) is 2.11. The van der Waals surface area contributed by atoms with Gasteiger partial charge in [-0.05, 0) is 42.3 Å². The van der Waals surface area contributed by atoms with E-state index in [0.717, 1.165) is 5.56 Å². The number of hydrogen-bond donors (Lipinski definition) is 1. The number of piperazine rings is 1. The molecule has 0 aromatic heterocycles. The molecule has 9 heteroatoms. The number of anilines is 1. The summed E-state index contributed by atoms with van der Waals surface area (Å²) in [5.74, 6) is -0.714. The highest BCUT2D eigenvalue weighted by Crippen LogP contribution is 2.21. The normalized spacial score (nSPS) is 15.5. The Morgan fingerprint density at radius 1 is 1.03 bits per heavy atom. The molecule has 0 unspecified atom stereocenters. The zero-order valence-electron chi connectivity index (χ0n) is 17.9. The van der Waals surface area contributed by atoms with E-state index in [0.29, 0.717) is 55.1 Å². The maximum Gasteiger partial charge on any atom is 0.338 e. The minimum Gasteiger partial charge on any atom is -0.465 e. The molecule has 1 aliphatic rings. The van der Waals surface area contributed by atoms with E-state index in [-0.39, 0.29) is 5.91 Å². The third-order valence-corrected chi connectivity index (χ3v) is 6.71. The summed E-state index contributed by atoms with van der Waals surface area (Å²) in [5.41, 5.74) is 3.17. The molecule has 0 aliphatic carbocycles. The predicted molar refractivity (Wildman–Crippen MR) is 119 cm³/mol. The summed E-state index contributed by atoms with van der Waals surface area (Å²) in [6.07, 6.45) is 1.24. The molecule has 1 heterocycles. The van der Waals surface area contributed by atoms with Crippen molar-refractivity contribution in [3.8, 4) is 0 Å². The number of nitrogens with one attached hydrogen (secondary N) is 1. The fraction of sp³-hybridized carbons (Fsp3) is 0.364. The summed E-state index contributed by atoms with van der Waals surface area (Å²) in [6, 6.07) is 12.4. The molecular weight excluding hydrogens is 418 g/mol. The van der Waals surface area contributed by atoms with Crippen LogP contribution in [0.4, 0.5) is 5.69 Å². The van der Waals surface area contributed by atoms with Crippen molar-refractivity contribution in [2.45, 2.75) is 13.5 Å². The van der Waals surface area contributed by atoms with Crippen LogP contribution in [0.2, 0.25) is 0 Å². The monoisotopic (exact) mass is 445 g/mol. The van der Waals surface area contributed by atoms with Gasteiger partial charge in [-0.2, -0.15) is 4.31 Å². The van der Waals surface area contributed by atoms with Gasteiger partial charge in [0.25, 0.3) is 5.91 Å². The number of hydrogen-bond acceptors (Lipinski definition) is 6. The van der Waals surface area contributed by atoms with E-state index in [9.17, 15) is 18.0 Å². The van der Waals surface area contributed by atoms with Crippen LogP contribution in [0.3, 0.4) is 0 Å². The first-order chi connectivity index (χ1) is 14.7. The molecule has 1 N–H and O–H groups in total. The molecule has 1 saturated heterocycles.